The molecule has 0 heterocycles. The van der Waals surface area contributed by atoms with Gasteiger partial charge >= 0.3 is 0 Å². The van der Waals surface area contributed by atoms with E-state index in [-0.39, 0.29) is 23.0 Å². The number of hydrogen-bond acceptors (Lipinski definition) is 4. The third-order valence-electron chi connectivity index (χ3n) is 6.10. The topological polar surface area (TPSA) is 86.8 Å². The Kier molecular flexibility index (Phi) is 10.2. The zero-order valence-corrected chi connectivity index (χ0v) is 23.9. The van der Waals surface area contributed by atoms with E-state index in [9.17, 15) is 18.0 Å². The van der Waals surface area contributed by atoms with E-state index in [1.54, 1.807) is 25.1 Å². The van der Waals surface area contributed by atoms with Gasteiger partial charge in [0, 0.05) is 23.1 Å². The van der Waals surface area contributed by atoms with Crippen LogP contribution < -0.4 is 9.62 Å². The van der Waals surface area contributed by atoms with E-state index in [1.807, 2.05) is 38.1 Å². The van der Waals surface area contributed by atoms with Crippen LogP contribution in [0, 0.1) is 6.92 Å². The first-order valence-corrected chi connectivity index (χ1v) is 14.4. The Morgan fingerprint density at radius 3 is 2.26 bits per heavy atom. The SMILES string of the molecule is CCCNC(=O)[C@H](C)N(Cc1ccccc1C)C(=O)CN(c1cccc(Cl)c1)S(=O)(=O)c1ccc(Cl)cc1. The highest BCUT2D eigenvalue weighted by Gasteiger charge is 2.32. The van der Waals surface area contributed by atoms with Gasteiger partial charge in [0.2, 0.25) is 11.8 Å². The third kappa shape index (κ3) is 7.28. The van der Waals surface area contributed by atoms with Gasteiger partial charge < -0.3 is 10.2 Å². The number of nitrogens with zero attached hydrogens (tertiary/aromatic N) is 2. The second-order valence-electron chi connectivity index (χ2n) is 8.86. The standard InChI is InChI=1S/C28H31Cl2N3O4S/c1-4-16-31-28(35)21(3)32(18-22-9-6-5-8-20(22)2)27(34)19-33(25-11-7-10-24(30)17-25)38(36,37)26-14-12-23(29)13-15-26/h5-15,17,21H,4,16,18-19H2,1-3H3,(H,31,35)/t21-/m0/s1. The number of anilines is 1. The predicted molar refractivity (Wildman–Crippen MR) is 152 cm³/mol. The highest BCUT2D eigenvalue weighted by molar-refractivity contribution is 7.92. The zero-order valence-electron chi connectivity index (χ0n) is 21.5. The summed E-state index contributed by atoms with van der Waals surface area (Å²) in [5, 5.41) is 3.52. The number of rotatable bonds is 11. The molecule has 3 aromatic rings. The second kappa shape index (κ2) is 13.1. The Hall–Kier alpha value is -3.07. The molecule has 0 radical (unpaired) electrons. The van der Waals surface area contributed by atoms with Crippen LogP contribution in [-0.4, -0.2) is 44.3 Å². The molecule has 3 rings (SSSR count). The summed E-state index contributed by atoms with van der Waals surface area (Å²) in [4.78, 5) is 28.1. The summed E-state index contributed by atoms with van der Waals surface area (Å²) in [5.74, 6) is -0.853. The Bertz CT molecular complexity index is 1380. The summed E-state index contributed by atoms with van der Waals surface area (Å²) in [7, 11) is -4.19. The van der Waals surface area contributed by atoms with Gasteiger partial charge in [0.1, 0.15) is 12.6 Å². The van der Waals surface area contributed by atoms with Gasteiger partial charge in [0.05, 0.1) is 10.6 Å². The summed E-state index contributed by atoms with van der Waals surface area (Å²) < 4.78 is 28.5. The highest BCUT2D eigenvalue weighted by Crippen LogP contribution is 2.27. The molecule has 1 N–H and O–H groups in total. The fourth-order valence-corrected chi connectivity index (χ4v) is 5.56. The van der Waals surface area contributed by atoms with Gasteiger partial charge in [-0.05, 0) is 73.9 Å². The highest BCUT2D eigenvalue weighted by atomic mass is 35.5. The third-order valence-corrected chi connectivity index (χ3v) is 8.37. The molecule has 0 aliphatic carbocycles. The van der Waals surface area contributed by atoms with Crippen molar-refractivity contribution in [3.05, 3.63) is 94.0 Å². The molecule has 0 saturated carbocycles. The zero-order chi connectivity index (χ0) is 27.9. The van der Waals surface area contributed by atoms with Crippen LogP contribution in [0.5, 0.6) is 0 Å². The van der Waals surface area contributed by atoms with Crippen LogP contribution in [0.3, 0.4) is 0 Å². The van der Waals surface area contributed by atoms with Gasteiger partial charge in [-0.3, -0.25) is 13.9 Å². The average molecular weight is 577 g/mol. The van der Waals surface area contributed by atoms with E-state index >= 15 is 0 Å². The Morgan fingerprint density at radius 2 is 1.63 bits per heavy atom. The molecule has 1 atom stereocenters. The lowest BCUT2D eigenvalue weighted by molar-refractivity contribution is -0.139. The summed E-state index contributed by atoms with van der Waals surface area (Å²) in [5.41, 5.74) is 2.03. The van der Waals surface area contributed by atoms with Crippen molar-refractivity contribution >= 4 is 50.7 Å². The first kappa shape index (κ1) is 29.5. The van der Waals surface area contributed by atoms with Gasteiger partial charge in [-0.2, -0.15) is 0 Å². The number of hydrogen-bond donors (Lipinski definition) is 1. The fraction of sp³-hybridized carbons (Fsp3) is 0.286. The molecule has 0 saturated heterocycles. The summed E-state index contributed by atoms with van der Waals surface area (Å²) in [6.07, 6.45) is 0.742. The van der Waals surface area contributed by atoms with Crippen LogP contribution in [-0.2, 0) is 26.2 Å². The molecule has 0 unspecified atom stereocenters. The van der Waals surface area contributed by atoms with Gasteiger partial charge in [0.15, 0.2) is 0 Å². The number of sulfonamides is 1. The number of aryl methyl sites for hydroxylation is 1. The number of carbonyl (C=O) groups excluding carboxylic acids is 2. The van der Waals surface area contributed by atoms with E-state index in [0.29, 0.717) is 16.6 Å². The molecule has 38 heavy (non-hydrogen) atoms. The molecule has 0 aromatic heterocycles. The lowest BCUT2D eigenvalue weighted by Gasteiger charge is -2.32. The van der Waals surface area contributed by atoms with Crippen molar-refractivity contribution in [2.75, 3.05) is 17.4 Å². The first-order valence-electron chi connectivity index (χ1n) is 12.2. The van der Waals surface area contributed by atoms with Crippen LogP contribution >= 0.6 is 23.2 Å². The lowest BCUT2D eigenvalue weighted by atomic mass is 10.1. The predicted octanol–water partition coefficient (Wildman–Crippen LogP) is 5.44. The molecule has 7 nitrogen and oxygen atoms in total. The first-order chi connectivity index (χ1) is 18.0. The fourth-order valence-electron chi connectivity index (χ4n) is 3.84. The maximum atomic E-state index is 13.9. The summed E-state index contributed by atoms with van der Waals surface area (Å²) in [6.45, 7) is 5.56. The number of amides is 2. The number of benzene rings is 3. The maximum absolute atomic E-state index is 13.9. The molecule has 202 valence electrons. The van der Waals surface area contributed by atoms with Crippen molar-refractivity contribution in [2.45, 2.75) is 44.7 Å². The average Bonchev–Trinajstić information content (AvgIpc) is 2.89. The summed E-state index contributed by atoms with van der Waals surface area (Å²) in [6, 6.07) is 18.7. The largest absolute Gasteiger partial charge is 0.354 e. The molecule has 0 aliphatic heterocycles. The van der Waals surface area contributed by atoms with Crippen molar-refractivity contribution < 1.29 is 18.0 Å². The number of halogens is 2. The molecule has 0 aliphatic rings. The molecular weight excluding hydrogens is 545 g/mol. The van der Waals surface area contributed by atoms with Crippen molar-refractivity contribution in [3.8, 4) is 0 Å². The van der Waals surface area contributed by atoms with Crippen molar-refractivity contribution in [1.82, 2.24) is 10.2 Å². The van der Waals surface area contributed by atoms with Crippen molar-refractivity contribution in [3.63, 3.8) is 0 Å². The van der Waals surface area contributed by atoms with Gasteiger partial charge in [-0.25, -0.2) is 8.42 Å². The molecule has 10 heteroatoms. The van der Waals surface area contributed by atoms with Crippen molar-refractivity contribution in [2.24, 2.45) is 0 Å². The molecule has 3 aromatic carbocycles. The Morgan fingerprint density at radius 1 is 0.947 bits per heavy atom. The Balaban J connectivity index is 2.03. The lowest BCUT2D eigenvalue weighted by Crippen LogP contribution is -2.51. The number of nitrogens with one attached hydrogen (secondary N) is 1. The minimum absolute atomic E-state index is 0.0335. The van der Waals surface area contributed by atoms with Crippen LogP contribution in [0.15, 0.2) is 77.7 Å². The summed E-state index contributed by atoms with van der Waals surface area (Å²) >= 11 is 12.2. The minimum Gasteiger partial charge on any atom is -0.354 e. The van der Waals surface area contributed by atoms with Crippen LogP contribution in [0.4, 0.5) is 5.69 Å². The van der Waals surface area contributed by atoms with Gasteiger partial charge in [0.25, 0.3) is 10.0 Å². The van der Waals surface area contributed by atoms with Crippen LogP contribution in [0.2, 0.25) is 10.0 Å². The monoisotopic (exact) mass is 575 g/mol. The molecule has 0 bridgehead atoms. The molecule has 0 fully saturated rings. The maximum Gasteiger partial charge on any atom is 0.264 e. The quantitative estimate of drug-likeness (QED) is 0.330. The van der Waals surface area contributed by atoms with Crippen LogP contribution in [0.1, 0.15) is 31.4 Å². The van der Waals surface area contributed by atoms with E-state index in [1.165, 1.54) is 35.2 Å². The molecular formula is C28H31Cl2N3O4S. The van der Waals surface area contributed by atoms with E-state index in [0.717, 1.165) is 21.9 Å². The van der Waals surface area contributed by atoms with E-state index in [4.69, 9.17) is 23.2 Å². The number of carbonyl (C=O) groups is 2. The van der Waals surface area contributed by atoms with E-state index in [2.05, 4.69) is 5.32 Å². The smallest absolute Gasteiger partial charge is 0.264 e. The normalized spacial score (nSPS) is 12.0. The van der Waals surface area contributed by atoms with Gasteiger partial charge in [-0.15, -0.1) is 0 Å². The van der Waals surface area contributed by atoms with Gasteiger partial charge in [-0.1, -0.05) is 60.5 Å². The second-order valence-corrected chi connectivity index (χ2v) is 11.6. The van der Waals surface area contributed by atoms with Crippen molar-refractivity contribution in [1.29, 1.82) is 0 Å². The van der Waals surface area contributed by atoms with Crippen LogP contribution in [0.25, 0.3) is 0 Å². The Labute approximate surface area is 234 Å². The molecule has 0 spiro atoms. The minimum atomic E-state index is -4.19. The molecule has 2 amide bonds. The van der Waals surface area contributed by atoms with E-state index < -0.39 is 28.5 Å².